The predicted octanol–water partition coefficient (Wildman–Crippen LogP) is 3.32. The van der Waals surface area contributed by atoms with E-state index in [-0.39, 0.29) is 0 Å². The first kappa shape index (κ1) is 7.41. The maximum absolute atomic E-state index is 2.49. The number of fused-ring (bicyclic) bond motifs is 5. The van der Waals surface area contributed by atoms with Crippen molar-refractivity contribution in [3.8, 4) is 0 Å². The second kappa shape index (κ2) is 2.27. The lowest BCUT2D eigenvalue weighted by molar-refractivity contribution is 0.201. The molecule has 3 saturated carbocycles. The SMILES string of the molecule is C[C@H]1C[C@H]2[C@H](C1)[C@@H]1C[C@@H]2[C@@H](C)C1. The van der Waals surface area contributed by atoms with Crippen molar-refractivity contribution in [1.82, 2.24) is 0 Å². The van der Waals surface area contributed by atoms with Gasteiger partial charge < -0.3 is 0 Å². The van der Waals surface area contributed by atoms with Crippen LogP contribution >= 0.6 is 0 Å². The molecule has 0 aromatic carbocycles. The molecule has 0 amide bonds. The molecule has 0 aliphatic heterocycles. The molecule has 68 valence electrons. The van der Waals surface area contributed by atoms with E-state index in [2.05, 4.69) is 13.8 Å². The Morgan fingerprint density at radius 2 is 1.50 bits per heavy atom. The van der Waals surface area contributed by atoms with Crippen LogP contribution in [0.5, 0.6) is 0 Å². The highest BCUT2D eigenvalue weighted by atomic mass is 14.6. The summed E-state index contributed by atoms with van der Waals surface area (Å²) in [6, 6.07) is 0. The molecule has 12 heavy (non-hydrogen) atoms. The molecule has 0 radical (unpaired) electrons. The van der Waals surface area contributed by atoms with Crippen molar-refractivity contribution in [2.24, 2.45) is 35.5 Å². The molecule has 0 aromatic rings. The summed E-state index contributed by atoms with van der Waals surface area (Å²) in [4.78, 5) is 0. The zero-order valence-electron chi connectivity index (χ0n) is 8.29. The average molecular weight is 164 g/mol. The summed E-state index contributed by atoms with van der Waals surface area (Å²) in [6.45, 7) is 4.95. The highest BCUT2D eigenvalue weighted by molar-refractivity contribution is 5.02. The number of rotatable bonds is 0. The van der Waals surface area contributed by atoms with Crippen LogP contribution in [0.1, 0.15) is 39.5 Å². The quantitative estimate of drug-likeness (QED) is 0.515. The third kappa shape index (κ3) is 0.791. The molecule has 0 heteroatoms. The minimum atomic E-state index is 1.05. The van der Waals surface area contributed by atoms with Crippen molar-refractivity contribution in [2.45, 2.75) is 39.5 Å². The van der Waals surface area contributed by atoms with Crippen molar-refractivity contribution < 1.29 is 0 Å². The summed E-state index contributed by atoms with van der Waals surface area (Å²) >= 11 is 0. The number of hydrogen-bond acceptors (Lipinski definition) is 0. The monoisotopic (exact) mass is 164 g/mol. The largest absolute Gasteiger partial charge is 0.0625 e. The minimum absolute atomic E-state index is 1.05. The van der Waals surface area contributed by atoms with E-state index in [1.165, 1.54) is 5.92 Å². The van der Waals surface area contributed by atoms with Gasteiger partial charge in [-0.15, -0.1) is 0 Å². The van der Waals surface area contributed by atoms with E-state index in [9.17, 15) is 0 Å². The zero-order valence-corrected chi connectivity index (χ0v) is 8.29. The molecular formula is C12H20. The Morgan fingerprint density at radius 3 is 2.33 bits per heavy atom. The Kier molecular flexibility index (Phi) is 1.40. The van der Waals surface area contributed by atoms with Crippen molar-refractivity contribution in [1.29, 1.82) is 0 Å². The highest BCUT2D eigenvalue weighted by Crippen LogP contribution is 2.61. The van der Waals surface area contributed by atoms with Crippen molar-refractivity contribution in [2.75, 3.05) is 0 Å². The highest BCUT2D eigenvalue weighted by Gasteiger charge is 2.53. The average Bonchev–Trinajstić information content (AvgIpc) is 2.57. The maximum Gasteiger partial charge on any atom is -0.0349 e. The Hall–Kier alpha value is 0. The molecule has 0 unspecified atom stereocenters. The molecule has 3 rings (SSSR count). The Morgan fingerprint density at radius 1 is 0.750 bits per heavy atom. The summed E-state index contributed by atoms with van der Waals surface area (Å²) in [7, 11) is 0. The van der Waals surface area contributed by atoms with Crippen LogP contribution in [-0.2, 0) is 0 Å². The topological polar surface area (TPSA) is 0 Å². The molecule has 0 saturated heterocycles. The van der Waals surface area contributed by atoms with Crippen molar-refractivity contribution >= 4 is 0 Å². The molecule has 3 aliphatic carbocycles. The van der Waals surface area contributed by atoms with E-state index in [4.69, 9.17) is 0 Å². The van der Waals surface area contributed by atoms with Crippen LogP contribution in [0.15, 0.2) is 0 Å². The summed E-state index contributed by atoms with van der Waals surface area (Å²) < 4.78 is 0. The molecule has 0 N–H and O–H groups in total. The van der Waals surface area contributed by atoms with Gasteiger partial charge in [-0.3, -0.25) is 0 Å². The fraction of sp³-hybridized carbons (Fsp3) is 1.00. The molecule has 3 fully saturated rings. The van der Waals surface area contributed by atoms with E-state index in [1.807, 2.05) is 0 Å². The zero-order chi connectivity index (χ0) is 8.29. The fourth-order valence-corrected chi connectivity index (χ4v) is 4.69. The molecule has 0 spiro atoms. The van der Waals surface area contributed by atoms with Crippen LogP contribution in [0.2, 0.25) is 0 Å². The van der Waals surface area contributed by atoms with Crippen LogP contribution in [0, 0.1) is 35.5 Å². The van der Waals surface area contributed by atoms with E-state index >= 15 is 0 Å². The van der Waals surface area contributed by atoms with Gasteiger partial charge in [0.15, 0.2) is 0 Å². The first-order chi connectivity index (χ1) is 5.75. The Labute approximate surface area is 75.7 Å². The molecule has 6 atom stereocenters. The molecule has 3 aliphatic rings. The lowest BCUT2D eigenvalue weighted by Gasteiger charge is -2.29. The van der Waals surface area contributed by atoms with Gasteiger partial charge in [0.1, 0.15) is 0 Å². The van der Waals surface area contributed by atoms with Crippen molar-refractivity contribution in [3.05, 3.63) is 0 Å². The first-order valence-corrected chi connectivity index (χ1v) is 5.75. The smallest absolute Gasteiger partial charge is 0.0349 e. The summed E-state index contributed by atoms with van der Waals surface area (Å²) in [5, 5.41) is 0. The fourth-order valence-electron chi connectivity index (χ4n) is 4.69. The van der Waals surface area contributed by atoms with Crippen LogP contribution in [0.4, 0.5) is 0 Å². The van der Waals surface area contributed by atoms with Gasteiger partial charge in [0.2, 0.25) is 0 Å². The van der Waals surface area contributed by atoms with Gasteiger partial charge in [0, 0.05) is 0 Å². The van der Waals surface area contributed by atoms with Crippen LogP contribution in [-0.4, -0.2) is 0 Å². The van der Waals surface area contributed by atoms with E-state index in [1.54, 1.807) is 25.7 Å². The van der Waals surface area contributed by atoms with E-state index in [0.29, 0.717) is 0 Å². The molecule has 0 heterocycles. The second-order valence-electron chi connectivity index (χ2n) is 5.78. The molecular weight excluding hydrogens is 144 g/mol. The second-order valence-corrected chi connectivity index (χ2v) is 5.78. The lowest BCUT2D eigenvalue weighted by Crippen LogP contribution is -2.22. The van der Waals surface area contributed by atoms with Gasteiger partial charge in [-0.2, -0.15) is 0 Å². The summed E-state index contributed by atoms with van der Waals surface area (Å²) in [5.74, 6) is 6.75. The summed E-state index contributed by atoms with van der Waals surface area (Å²) in [6.07, 6.45) is 6.30. The van der Waals surface area contributed by atoms with Gasteiger partial charge in [-0.1, -0.05) is 13.8 Å². The van der Waals surface area contributed by atoms with Gasteiger partial charge in [-0.25, -0.2) is 0 Å². The lowest BCUT2D eigenvalue weighted by atomic mass is 9.77. The first-order valence-electron chi connectivity index (χ1n) is 5.75. The molecule has 0 nitrogen and oxygen atoms in total. The molecule has 0 aromatic heterocycles. The van der Waals surface area contributed by atoms with Crippen LogP contribution in [0.25, 0.3) is 0 Å². The van der Waals surface area contributed by atoms with Crippen LogP contribution < -0.4 is 0 Å². The third-order valence-corrected chi connectivity index (χ3v) is 5.03. The minimum Gasteiger partial charge on any atom is -0.0625 e. The maximum atomic E-state index is 2.49. The third-order valence-electron chi connectivity index (χ3n) is 5.03. The van der Waals surface area contributed by atoms with Gasteiger partial charge in [0.05, 0.1) is 0 Å². The standard InChI is InChI=1S/C12H20/c1-7-3-11-9-5-8(2)10(6-9)12(11)4-7/h7-12H,3-6H2,1-2H3/t7-,8+,9+,10-,11-,12-/m1/s1. The number of hydrogen-bond donors (Lipinski definition) is 0. The normalized spacial score (nSPS) is 62.5. The van der Waals surface area contributed by atoms with Gasteiger partial charge in [0.25, 0.3) is 0 Å². The van der Waals surface area contributed by atoms with Crippen molar-refractivity contribution in [3.63, 3.8) is 0 Å². The van der Waals surface area contributed by atoms with Crippen LogP contribution in [0.3, 0.4) is 0 Å². The van der Waals surface area contributed by atoms with E-state index in [0.717, 1.165) is 29.6 Å². The molecule has 2 bridgehead atoms. The van der Waals surface area contributed by atoms with Gasteiger partial charge >= 0.3 is 0 Å². The Balaban J connectivity index is 1.86. The van der Waals surface area contributed by atoms with Gasteiger partial charge in [-0.05, 0) is 61.2 Å². The van der Waals surface area contributed by atoms with E-state index < -0.39 is 0 Å². The Bertz CT molecular complexity index is 192. The predicted molar refractivity (Wildman–Crippen MR) is 50.8 cm³/mol. The summed E-state index contributed by atoms with van der Waals surface area (Å²) in [5.41, 5.74) is 0.